The number of rotatable bonds is 18. The highest BCUT2D eigenvalue weighted by molar-refractivity contribution is 5.69. The lowest BCUT2D eigenvalue weighted by molar-refractivity contribution is -0.164. The van der Waals surface area contributed by atoms with Crippen LogP contribution in [-0.2, 0) is 19.1 Å². The molecule has 3 aliphatic rings. The van der Waals surface area contributed by atoms with Gasteiger partial charge in [0.15, 0.2) is 5.72 Å². The maximum absolute atomic E-state index is 12.6. The second kappa shape index (κ2) is 16.1. The van der Waals surface area contributed by atoms with Gasteiger partial charge in [0, 0.05) is 25.7 Å². The molecule has 3 rings (SSSR count). The fourth-order valence-electron chi connectivity index (χ4n) is 9.25. The van der Waals surface area contributed by atoms with Crippen LogP contribution in [-0.4, -0.2) is 29.8 Å². The normalized spacial score (nSPS) is 34.9. The standard InChI is InChI=1S/C36H65NO4/c1-7-11-13-14-15-16-17-18-24-37-36(41-33(39)10-4)23-22-28(25-36)30-21-20-29-26-34(5,40-32(38)9-3)27-35(29,6)31(30)19-12-8-2/h28-31,37H,7-27H2,1-6H3/t28-,29+,30+,31+,34-,35+,36+/m1/s1. The second-order valence-electron chi connectivity index (χ2n) is 14.6. The Morgan fingerprint density at radius 3 is 2.05 bits per heavy atom. The summed E-state index contributed by atoms with van der Waals surface area (Å²) in [6.07, 6.45) is 22.6. The summed E-state index contributed by atoms with van der Waals surface area (Å²) >= 11 is 0. The smallest absolute Gasteiger partial charge is 0.307 e. The van der Waals surface area contributed by atoms with Crippen molar-refractivity contribution in [3.63, 3.8) is 0 Å². The number of carbonyl (C=O) groups is 2. The Bertz CT molecular complexity index is 815. The molecular weight excluding hydrogens is 510 g/mol. The Morgan fingerprint density at radius 1 is 0.756 bits per heavy atom. The Balaban J connectivity index is 1.66. The molecule has 1 N–H and O–H groups in total. The summed E-state index contributed by atoms with van der Waals surface area (Å²) in [4.78, 5) is 24.9. The Morgan fingerprint density at radius 2 is 1.39 bits per heavy atom. The highest BCUT2D eigenvalue weighted by Crippen LogP contribution is 2.64. The van der Waals surface area contributed by atoms with Gasteiger partial charge in [-0.25, -0.2) is 0 Å². The van der Waals surface area contributed by atoms with E-state index < -0.39 is 5.72 Å². The molecule has 0 radical (unpaired) electrons. The molecule has 238 valence electrons. The minimum Gasteiger partial charge on any atom is -0.459 e. The van der Waals surface area contributed by atoms with Gasteiger partial charge in [0.05, 0.1) is 0 Å². The van der Waals surface area contributed by atoms with Crippen LogP contribution in [0.25, 0.3) is 0 Å². The Hall–Kier alpha value is -1.10. The van der Waals surface area contributed by atoms with E-state index in [1.54, 1.807) is 0 Å². The van der Waals surface area contributed by atoms with Crippen LogP contribution in [0, 0.1) is 29.1 Å². The molecule has 3 fully saturated rings. The summed E-state index contributed by atoms with van der Waals surface area (Å²) in [5.74, 6) is 2.36. The molecule has 0 aliphatic heterocycles. The first-order valence-corrected chi connectivity index (χ1v) is 17.8. The van der Waals surface area contributed by atoms with E-state index in [1.807, 2.05) is 13.8 Å². The first-order valence-electron chi connectivity index (χ1n) is 17.8. The summed E-state index contributed by atoms with van der Waals surface area (Å²) in [7, 11) is 0. The first kappa shape index (κ1) is 34.4. The number of nitrogens with one attached hydrogen (secondary N) is 1. The predicted molar refractivity (Wildman–Crippen MR) is 168 cm³/mol. The van der Waals surface area contributed by atoms with Gasteiger partial charge in [-0.05, 0) is 87.5 Å². The van der Waals surface area contributed by atoms with Gasteiger partial charge in [-0.15, -0.1) is 0 Å². The fraction of sp³-hybridized carbons (Fsp3) is 0.944. The third kappa shape index (κ3) is 9.19. The van der Waals surface area contributed by atoms with E-state index in [4.69, 9.17) is 9.47 Å². The molecule has 0 heterocycles. The maximum Gasteiger partial charge on any atom is 0.307 e. The van der Waals surface area contributed by atoms with Crippen LogP contribution in [0.1, 0.15) is 170 Å². The molecule has 0 saturated heterocycles. The van der Waals surface area contributed by atoms with Crippen LogP contribution in [0.15, 0.2) is 0 Å². The van der Waals surface area contributed by atoms with Gasteiger partial charge in [-0.3, -0.25) is 14.9 Å². The van der Waals surface area contributed by atoms with Gasteiger partial charge < -0.3 is 9.47 Å². The highest BCUT2D eigenvalue weighted by atomic mass is 16.6. The molecule has 0 aromatic heterocycles. The fourth-order valence-corrected chi connectivity index (χ4v) is 9.25. The van der Waals surface area contributed by atoms with Crippen LogP contribution in [0.3, 0.4) is 0 Å². The molecule has 3 aliphatic carbocycles. The third-order valence-corrected chi connectivity index (χ3v) is 11.3. The van der Waals surface area contributed by atoms with E-state index in [0.29, 0.717) is 36.5 Å². The molecule has 7 atom stereocenters. The topological polar surface area (TPSA) is 64.6 Å². The van der Waals surface area contributed by atoms with Crippen molar-refractivity contribution in [1.29, 1.82) is 0 Å². The van der Waals surface area contributed by atoms with Crippen molar-refractivity contribution < 1.29 is 19.1 Å². The molecule has 3 saturated carbocycles. The zero-order valence-electron chi connectivity index (χ0n) is 27.8. The second-order valence-corrected chi connectivity index (χ2v) is 14.6. The number of hydrogen-bond donors (Lipinski definition) is 1. The third-order valence-electron chi connectivity index (χ3n) is 11.3. The average Bonchev–Trinajstić information content (AvgIpc) is 3.47. The summed E-state index contributed by atoms with van der Waals surface area (Å²) in [6, 6.07) is 0. The quantitative estimate of drug-likeness (QED) is 0.100. The van der Waals surface area contributed by atoms with Crippen LogP contribution in [0.4, 0.5) is 0 Å². The van der Waals surface area contributed by atoms with E-state index in [-0.39, 0.29) is 23.0 Å². The number of hydrogen-bond acceptors (Lipinski definition) is 5. The zero-order chi connectivity index (χ0) is 29.9. The van der Waals surface area contributed by atoms with Gasteiger partial charge in [-0.2, -0.15) is 0 Å². The van der Waals surface area contributed by atoms with Gasteiger partial charge >= 0.3 is 11.9 Å². The predicted octanol–water partition coefficient (Wildman–Crippen LogP) is 9.51. The van der Waals surface area contributed by atoms with Gasteiger partial charge in [0.2, 0.25) is 0 Å². The van der Waals surface area contributed by atoms with Crippen molar-refractivity contribution in [1.82, 2.24) is 5.32 Å². The van der Waals surface area contributed by atoms with Crippen LogP contribution < -0.4 is 5.32 Å². The van der Waals surface area contributed by atoms with Crippen LogP contribution >= 0.6 is 0 Å². The monoisotopic (exact) mass is 575 g/mol. The summed E-state index contributed by atoms with van der Waals surface area (Å²) < 4.78 is 12.3. The van der Waals surface area contributed by atoms with Crippen molar-refractivity contribution in [3.05, 3.63) is 0 Å². The SMILES string of the molecule is CCCCCCCCCCN[C@]1(OC(=O)CC)CC[C@@H]([C@@H]2CC[C@H]3C[C@@](C)(OC(=O)CC)C[C@]3(C)[C@H]2CCCC)C1. The minimum atomic E-state index is -0.493. The highest BCUT2D eigenvalue weighted by Gasteiger charge is 2.60. The largest absolute Gasteiger partial charge is 0.459 e. The molecule has 0 spiro atoms. The molecule has 0 amide bonds. The maximum atomic E-state index is 12.6. The first-order chi connectivity index (χ1) is 19.6. The number of ether oxygens (including phenoxy) is 2. The molecule has 0 bridgehead atoms. The van der Waals surface area contributed by atoms with Crippen molar-refractivity contribution in [2.45, 2.75) is 181 Å². The Kier molecular flexibility index (Phi) is 13.5. The van der Waals surface area contributed by atoms with E-state index in [0.717, 1.165) is 45.1 Å². The van der Waals surface area contributed by atoms with Crippen LogP contribution in [0.2, 0.25) is 0 Å². The average molecular weight is 576 g/mol. The van der Waals surface area contributed by atoms with E-state index in [2.05, 4.69) is 33.0 Å². The lowest BCUT2D eigenvalue weighted by Gasteiger charge is -2.50. The summed E-state index contributed by atoms with van der Waals surface area (Å²) in [5, 5.41) is 3.80. The molecular formula is C36H65NO4. The van der Waals surface area contributed by atoms with Crippen molar-refractivity contribution in [2.24, 2.45) is 29.1 Å². The number of fused-ring (bicyclic) bond motifs is 1. The van der Waals surface area contributed by atoms with E-state index in [9.17, 15) is 9.59 Å². The van der Waals surface area contributed by atoms with Crippen molar-refractivity contribution in [3.8, 4) is 0 Å². The molecule has 5 heteroatoms. The van der Waals surface area contributed by atoms with Crippen molar-refractivity contribution in [2.75, 3.05) is 6.54 Å². The molecule has 0 aromatic carbocycles. The number of esters is 2. The summed E-state index contributed by atoms with van der Waals surface area (Å²) in [6.45, 7) is 14.0. The Labute approximate surface area is 253 Å². The van der Waals surface area contributed by atoms with Crippen molar-refractivity contribution >= 4 is 11.9 Å². The molecule has 41 heavy (non-hydrogen) atoms. The van der Waals surface area contributed by atoms with E-state index >= 15 is 0 Å². The molecule has 0 aromatic rings. The number of carbonyl (C=O) groups excluding carboxylic acids is 2. The van der Waals surface area contributed by atoms with Gasteiger partial charge in [0.25, 0.3) is 0 Å². The molecule has 0 unspecified atom stereocenters. The summed E-state index contributed by atoms with van der Waals surface area (Å²) in [5.41, 5.74) is -0.622. The minimum absolute atomic E-state index is 0.0581. The zero-order valence-corrected chi connectivity index (χ0v) is 27.8. The van der Waals surface area contributed by atoms with Gasteiger partial charge in [-0.1, -0.05) is 92.4 Å². The number of unbranched alkanes of at least 4 members (excludes halogenated alkanes) is 8. The lowest BCUT2D eigenvalue weighted by atomic mass is 9.54. The van der Waals surface area contributed by atoms with Crippen LogP contribution in [0.5, 0.6) is 0 Å². The molecule has 5 nitrogen and oxygen atoms in total. The van der Waals surface area contributed by atoms with Gasteiger partial charge in [0.1, 0.15) is 5.60 Å². The van der Waals surface area contributed by atoms with E-state index in [1.165, 1.54) is 77.0 Å². The lowest BCUT2D eigenvalue weighted by Crippen LogP contribution is -2.48.